The third-order valence-electron chi connectivity index (χ3n) is 2.31. The highest BCUT2D eigenvalue weighted by molar-refractivity contribution is 7.08. The van der Waals surface area contributed by atoms with E-state index < -0.39 is 0 Å². The second kappa shape index (κ2) is 3.46. The van der Waals surface area contributed by atoms with E-state index in [1.807, 2.05) is 0 Å². The first-order valence-electron chi connectivity index (χ1n) is 4.25. The van der Waals surface area contributed by atoms with Crippen LogP contribution in [-0.4, -0.2) is 13.7 Å². The highest BCUT2D eigenvalue weighted by Crippen LogP contribution is 2.33. The van der Waals surface area contributed by atoms with Gasteiger partial charge in [0.2, 0.25) is 0 Å². The second-order valence-electron chi connectivity index (χ2n) is 3.04. The van der Waals surface area contributed by atoms with E-state index in [1.54, 1.807) is 18.4 Å². The van der Waals surface area contributed by atoms with Gasteiger partial charge in [0.25, 0.3) is 0 Å². The van der Waals surface area contributed by atoms with Crippen LogP contribution in [-0.2, 0) is 0 Å². The van der Waals surface area contributed by atoms with Gasteiger partial charge in [0.15, 0.2) is 0 Å². The Hall–Kier alpha value is -0.540. The first-order valence-corrected chi connectivity index (χ1v) is 5.19. The van der Waals surface area contributed by atoms with E-state index in [0.717, 1.165) is 12.3 Å². The van der Waals surface area contributed by atoms with Crippen molar-refractivity contribution in [1.82, 2.24) is 5.32 Å². The summed E-state index contributed by atoms with van der Waals surface area (Å²) < 4.78 is 5.27. The molecule has 1 aromatic heterocycles. The normalized spacial score (nSPS) is 22.9. The van der Waals surface area contributed by atoms with Crippen molar-refractivity contribution in [2.75, 3.05) is 13.7 Å². The maximum Gasteiger partial charge on any atom is 0.134 e. The fourth-order valence-electron chi connectivity index (χ4n) is 1.67. The number of ether oxygens (including phenoxy) is 1. The molecule has 1 aromatic rings. The molecule has 3 heteroatoms. The van der Waals surface area contributed by atoms with E-state index in [1.165, 1.54) is 18.4 Å². The zero-order valence-corrected chi connectivity index (χ0v) is 7.99. The number of rotatable bonds is 2. The summed E-state index contributed by atoms with van der Waals surface area (Å²) in [5.74, 6) is 1.04. The Morgan fingerprint density at radius 3 is 3.17 bits per heavy atom. The molecular weight excluding hydrogens is 170 g/mol. The van der Waals surface area contributed by atoms with Gasteiger partial charge >= 0.3 is 0 Å². The van der Waals surface area contributed by atoms with Crippen molar-refractivity contribution in [3.05, 3.63) is 16.3 Å². The standard InChI is InChI=1S/C9H13NOS/c1-11-9-6-12-5-7(9)8-3-2-4-10-8/h5-6,8,10H,2-4H2,1H3/t8-/m0/s1. The van der Waals surface area contributed by atoms with Gasteiger partial charge in [0, 0.05) is 17.0 Å². The van der Waals surface area contributed by atoms with Crippen LogP contribution in [0.2, 0.25) is 0 Å². The molecule has 1 aliphatic heterocycles. The molecule has 1 N–H and O–H groups in total. The predicted octanol–water partition coefficient (Wildman–Crippen LogP) is 2.18. The van der Waals surface area contributed by atoms with E-state index in [9.17, 15) is 0 Å². The Morgan fingerprint density at radius 2 is 2.50 bits per heavy atom. The smallest absolute Gasteiger partial charge is 0.134 e. The zero-order chi connectivity index (χ0) is 8.39. The lowest BCUT2D eigenvalue weighted by Gasteiger charge is -2.09. The highest BCUT2D eigenvalue weighted by atomic mass is 32.1. The largest absolute Gasteiger partial charge is 0.496 e. The average Bonchev–Trinajstić information content (AvgIpc) is 2.74. The number of hydrogen-bond acceptors (Lipinski definition) is 3. The van der Waals surface area contributed by atoms with Crippen molar-refractivity contribution < 1.29 is 4.74 Å². The Kier molecular flexibility index (Phi) is 2.33. The summed E-state index contributed by atoms with van der Waals surface area (Å²) in [5, 5.41) is 7.71. The number of nitrogens with one attached hydrogen (secondary N) is 1. The quantitative estimate of drug-likeness (QED) is 0.758. The second-order valence-corrected chi connectivity index (χ2v) is 3.79. The van der Waals surface area contributed by atoms with Crippen molar-refractivity contribution >= 4 is 11.3 Å². The maximum atomic E-state index is 5.27. The van der Waals surface area contributed by atoms with Gasteiger partial charge in [-0.2, -0.15) is 0 Å². The van der Waals surface area contributed by atoms with E-state index in [-0.39, 0.29) is 0 Å². The van der Waals surface area contributed by atoms with E-state index >= 15 is 0 Å². The molecule has 12 heavy (non-hydrogen) atoms. The Labute approximate surface area is 76.6 Å². The fraction of sp³-hybridized carbons (Fsp3) is 0.556. The van der Waals surface area contributed by atoms with Crippen LogP contribution >= 0.6 is 11.3 Å². The molecule has 2 rings (SSSR count). The molecule has 0 aromatic carbocycles. The molecule has 1 atom stereocenters. The van der Waals surface area contributed by atoms with Gasteiger partial charge in [-0.05, 0) is 24.8 Å². The van der Waals surface area contributed by atoms with Crippen LogP contribution in [0.15, 0.2) is 10.8 Å². The minimum Gasteiger partial charge on any atom is -0.496 e. The molecule has 0 unspecified atom stereocenters. The monoisotopic (exact) mass is 183 g/mol. The maximum absolute atomic E-state index is 5.27. The molecule has 0 radical (unpaired) electrons. The van der Waals surface area contributed by atoms with Crippen LogP contribution in [0, 0.1) is 0 Å². The van der Waals surface area contributed by atoms with E-state index in [2.05, 4.69) is 16.1 Å². The van der Waals surface area contributed by atoms with Gasteiger partial charge < -0.3 is 10.1 Å². The molecule has 2 heterocycles. The van der Waals surface area contributed by atoms with Crippen LogP contribution in [0.4, 0.5) is 0 Å². The van der Waals surface area contributed by atoms with Crippen molar-refractivity contribution in [2.24, 2.45) is 0 Å². The number of methoxy groups -OCH3 is 1. The van der Waals surface area contributed by atoms with Crippen molar-refractivity contribution in [3.63, 3.8) is 0 Å². The average molecular weight is 183 g/mol. The van der Waals surface area contributed by atoms with Gasteiger partial charge in [-0.25, -0.2) is 0 Å². The minimum absolute atomic E-state index is 0.534. The predicted molar refractivity (Wildman–Crippen MR) is 50.8 cm³/mol. The lowest BCUT2D eigenvalue weighted by atomic mass is 10.1. The molecule has 1 saturated heterocycles. The lowest BCUT2D eigenvalue weighted by Crippen LogP contribution is -2.12. The molecule has 0 aliphatic carbocycles. The summed E-state index contributed by atoms with van der Waals surface area (Å²) in [6.45, 7) is 1.14. The summed E-state index contributed by atoms with van der Waals surface area (Å²) in [6.07, 6.45) is 2.52. The van der Waals surface area contributed by atoms with E-state index in [4.69, 9.17) is 4.74 Å². The molecule has 0 saturated carbocycles. The molecule has 2 nitrogen and oxygen atoms in total. The fourth-order valence-corrected chi connectivity index (χ4v) is 2.52. The third kappa shape index (κ3) is 1.34. The molecule has 0 bridgehead atoms. The zero-order valence-electron chi connectivity index (χ0n) is 7.17. The molecule has 1 aliphatic rings. The van der Waals surface area contributed by atoms with Crippen LogP contribution in [0.3, 0.4) is 0 Å². The molecular formula is C9H13NOS. The van der Waals surface area contributed by atoms with Gasteiger partial charge in [-0.1, -0.05) is 0 Å². The lowest BCUT2D eigenvalue weighted by molar-refractivity contribution is 0.406. The van der Waals surface area contributed by atoms with Crippen molar-refractivity contribution in [2.45, 2.75) is 18.9 Å². The Balaban J connectivity index is 2.19. The summed E-state index contributed by atoms with van der Waals surface area (Å²) in [7, 11) is 1.74. The number of hydrogen-bond donors (Lipinski definition) is 1. The van der Waals surface area contributed by atoms with E-state index in [0.29, 0.717) is 6.04 Å². The SMILES string of the molecule is COc1cscc1[C@@H]1CCCN1. The topological polar surface area (TPSA) is 21.3 Å². The number of thiophene rings is 1. The van der Waals surface area contributed by atoms with Gasteiger partial charge in [0.1, 0.15) is 5.75 Å². The first kappa shape index (κ1) is 8.08. The summed E-state index contributed by atoms with van der Waals surface area (Å²) in [5.41, 5.74) is 1.33. The molecule has 66 valence electrons. The summed E-state index contributed by atoms with van der Waals surface area (Å²) in [6, 6.07) is 0.534. The van der Waals surface area contributed by atoms with Gasteiger partial charge in [-0.15, -0.1) is 11.3 Å². The Morgan fingerprint density at radius 1 is 1.58 bits per heavy atom. The summed E-state index contributed by atoms with van der Waals surface area (Å²) in [4.78, 5) is 0. The van der Waals surface area contributed by atoms with Crippen LogP contribution < -0.4 is 10.1 Å². The van der Waals surface area contributed by atoms with Crippen molar-refractivity contribution in [1.29, 1.82) is 0 Å². The van der Waals surface area contributed by atoms with Gasteiger partial charge in [-0.3, -0.25) is 0 Å². The van der Waals surface area contributed by atoms with Crippen LogP contribution in [0.25, 0.3) is 0 Å². The molecule has 1 fully saturated rings. The van der Waals surface area contributed by atoms with Crippen LogP contribution in [0.5, 0.6) is 5.75 Å². The van der Waals surface area contributed by atoms with Gasteiger partial charge in [0.05, 0.1) is 7.11 Å². The Bertz CT molecular complexity index is 253. The first-order chi connectivity index (χ1) is 5.92. The molecule has 0 amide bonds. The van der Waals surface area contributed by atoms with Crippen LogP contribution in [0.1, 0.15) is 24.4 Å². The molecule has 0 spiro atoms. The third-order valence-corrected chi connectivity index (χ3v) is 3.05. The highest BCUT2D eigenvalue weighted by Gasteiger charge is 2.19. The van der Waals surface area contributed by atoms with Crippen molar-refractivity contribution in [3.8, 4) is 5.75 Å². The minimum atomic E-state index is 0.534. The summed E-state index contributed by atoms with van der Waals surface area (Å²) >= 11 is 1.71.